The summed E-state index contributed by atoms with van der Waals surface area (Å²) in [5, 5.41) is 3.99. The van der Waals surface area contributed by atoms with E-state index in [4.69, 9.17) is 11.6 Å². The Hall–Kier alpha value is -1.06. The minimum atomic E-state index is 0.289. The van der Waals surface area contributed by atoms with Crippen molar-refractivity contribution in [2.75, 3.05) is 26.7 Å². The van der Waals surface area contributed by atoms with Crippen molar-refractivity contribution in [3.8, 4) is 0 Å². The zero-order valence-corrected chi connectivity index (χ0v) is 14.4. The average Bonchev–Trinajstić information content (AvgIpc) is 3.35. The Morgan fingerprint density at radius 1 is 1.41 bits per heavy atom. The van der Waals surface area contributed by atoms with E-state index in [2.05, 4.69) is 34.4 Å². The maximum absolute atomic E-state index is 6.01. The van der Waals surface area contributed by atoms with Gasteiger partial charge in [-0.1, -0.05) is 24.1 Å². The standard InChI is InChI=1S/C18H26ClN3/c1-3-14-10-15(13-22(12-14)9-8-20-2)18(6-7-18)17-5-4-16(19)11-21-17/h4-5,11-12,15,20H,3,6-10,13H2,1-2H3. The Labute approximate surface area is 138 Å². The second kappa shape index (κ2) is 6.59. The molecule has 0 bridgehead atoms. The molecule has 0 aromatic carbocycles. The van der Waals surface area contributed by atoms with Crippen LogP contribution in [0.15, 0.2) is 30.1 Å². The highest BCUT2D eigenvalue weighted by Gasteiger charge is 2.52. The summed E-state index contributed by atoms with van der Waals surface area (Å²) < 4.78 is 0. The zero-order valence-electron chi connectivity index (χ0n) is 13.6. The Bertz CT molecular complexity index is 534. The first-order valence-electron chi connectivity index (χ1n) is 8.38. The Kier molecular flexibility index (Phi) is 4.74. The number of halogens is 1. The highest BCUT2D eigenvalue weighted by molar-refractivity contribution is 6.30. The Morgan fingerprint density at radius 3 is 2.82 bits per heavy atom. The molecule has 1 fully saturated rings. The van der Waals surface area contributed by atoms with Crippen LogP contribution < -0.4 is 5.32 Å². The molecule has 1 aliphatic heterocycles. The van der Waals surface area contributed by atoms with Gasteiger partial charge in [-0.2, -0.15) is 0 Å². The van der Waals surface area contributed by atoms with Crippen LogP contribution in [0.2, 0.25) is 5.02 Å². The third kappa shape index (κ3) is 3.16. The first-order chi connectivity index (χ1) is 10.7. The van der Waals surface area contributed by atoms with Crippen LogP contribution in [0.3, 0.4) is 0 Å². The van der Waals surface area contributed by atoms with Gasteiger partial charge in [0.25, 0.3) is 0 Å². The minimum Gasteiger partial charge on any atom is -0.376 e. The van der Waals surface area contributed by atoms with Crippen molar-refractivity contribution in [3.05, 3.63) is 40.8 Å². The third-order valence-corrected chi connectivity index (χ3v) is 5.46. The largest absolute Gasteiger partial charge is 0.376 e. The number of nitrogens with one attached hydrogen (secondary N) is 1. The molecular weight excluding hydrogens is 294 g/mol. The average molecular weight is 320 g/mol. The Morgan fingerprint density at radius 2 is 2.23 bits per heavy atom. The number of pyridine rings is 1. The van der Waals surface area contributed by atoms with Crippen molar-refractivity contribution < 1.29 is 0 Å². The van der Waals surface area contributed by atoms with Crippen LogP contribution in [-0.4, -0.2) is 36.6 Å². The van der Waals surface area contributed by atoms with Gasteiger partial charge in [0.1, 0.15) is 0 Å². The molecule has 1 N–H and O–H groups in total. The van der Waals surface area contributed by atoms with Gasteiger partial charge in [0.05, 0.1) is 5.02 Å². The molecule has 1 aromatic heterocycles. The second-order valence-electron chi connectivity index (χ2n) is 6.66. The summed E-state index contributed by atoms with van der Waals surface area (Å²) in [7, 11) is 2.02. The second-order valence-corrected chi connectivity index (χ2v) is 7.09. The predicted molar refractivity (Wildman–Crippen MR) is 92.1 cm³/mol. The summed E-state index contributed by atoms with van der Waals surface area (Å²) in [6.07, 6.45) is 9.09. The topological polar surface area (TPSA) is 28.2 Å². The number of rotatable bonds is 6. The van der Waals surface area contributed by atoms with E-state index in [1.165, 1.54) is 25.0 Å². The van der Waals surface area contributed by atoms with Gasteiger partial charge in [0, 0.05) is 36.9 Å². The highest BCUT2D eigenvalue weighted by Crippen LogP contribution is 2.56. The summed E-state index contributed by atoms with van der Waals surface area (Å²) in [6.45, 7) is 5.53. The number of hydrogen-bond acceptors (Lipinski definition) is 3. The van der Waals surface area contributed by atoms with Crippen LogP contribution in [0.4, 0.5) is 0 Å². The van der Waals surface area contributed by atoms with Gasteiger partial charge in [-0.05, 0) is 57.0 Å². The number of likely N-dealkylation sites (N-methyl/N-ethyl adjacent to an activating group) is 1. The molecule has 2 aliphatic rings. The summed E-state index contributed by atoms with van der Waals surface area (Å²) in [4.78, 5) is 7.14. The molecule has 3 rings (SSSR count). The fourth-order valence-corrected chi connectivity index (χ4v) is 3.84. The van der Waals surface area contributed by atoms with Crippen LogP contribution in [-0.2, 0) is 5.41 Å². The van der Waals surface area contributed by atoms with E-state index in [9.17, 15) is 0 Å². The molecule has 3 nitrogen and oxygen atoms in total. The maximum atomic E-state index is 6.01. The molecule has 4 heteroatoms. The van der Waals surface area contributed by atoms with Gasteiger partial charge in [0.15, 0.2) is 0 Å². The molecule has 0 saturated heterocycles. The predicted octanol–water partition coefficient (Wildman–Crippen LogP) is 3.60. The van der Waals surface area contributed by atoms with Gasteiger partial charge >= 0.3 is 0 Å². The highest BCUT2D eigenvalue weighted by atomic mass is 35.5. The monoisotopic (exact) mass is 319 g/mol. The van der Waals surface area contributed by atoms with Crippen LogP contribution in [0, 0.1) is 5.92 Å². The summed E-state index contributed by atoms with van der Waals surface area (Å²) in [5.41, 5.74) is 3.11. The van der Waals surface area contributed by atoms with Crippen LogP contribution in [0.5, 0.6) is 0 Å². The lowest BCUT2D eigenvalue weighted by atomic mass is 9.79. The Balaban J connectivity index is 1.79. The van der Waals surface area contributed by atoms with Crippen LogP contribution in [0.1, 0.15) is 38.3 Å². The van der Waals surface area contributed by atoms with Crippen molar-refractivity contribution in [1.82, 2.24) is 15.2 Å². The number of nitrogens with zero attached hydrogens (tertiary/aromatic N) is 2. The van der Waals surface area contributed by atoms with Crippen LogP contribution >= 0.6 is 11.6 Å². The molecule has 22 heavy (non-hydrogen) atoms. The van der Waals surface area contributed by atoms with Crippen molar-refractivity contribution in [2.45, 2.75) is 38.0 Å². The molecule has 1 unspecified atom stereocenters. The van der Waals surface area contributed by atoms with Crippen molar-refractivity contribution in [1.29, 1.82) is 0 Å². The van der Waals surface area contributed by atoms with Crippen LogP contribution in [0.25, 0.3) is 0 Å². The van der Waals surface area contributed by atoms with E-state index >= 15 is 0 Å². The minimum absolute atomic E-state index is 0.289. The quantitative estimate of drug-likeness (QED) is 0.868. The molecule has 1 atom stereocenters. The van der Waals surface area contributed by atoms with E-state index in [1.807, 2.05) is 13.1 Å². The summed E-state index contributed by atoms with van der Waals surface area (Å²) in [6, 6.07) is 4.12. The first-order valence-corrected chi connectivity index (χ1v) is 8.76. The van der Waals surface area contributed by atoms with Gasteiger partial charge in [0.2, 0.25) is 0 Å². The first kappa shape index (κ1) is 15.8. The molecule has 1 aromatic rings. The van der Waals surface area contributed by atoms with Gasteiger partial charge in [-0.15, -0.1) is 0 Å². The van der Waals surface area contributed by atoms with E-state index < -0.39 is 0 Å². The molecule has 120 valence electrons. The van der Waals surface area contributed by atoms with Gasteiger partial charge in [-0.3, -0.25) is 4.98 Å². The van der Waals surface area contributed by atoms with E-state index in [0.29, 0.717) is 5.92 Å². The lowest BCUT2D eigenvalue weighted by Gasteiger charge is -2.37. The summed E-state index contributed by atoms with van der Waals surface area (Å²) >= 11 is 6.01. The third-order valence-electron chi connectivity index (χ3n) is 5.24. The fraction of sp³-hybridized carbons (Fsp3) is 0.611. The maximum Gasteiger partial charge on any atom is 0.0589 e. The molecule has 0 amide bonds. The lowest BCUT2D eigenvalue weighted by molar-refractivity contribution is 0.238. The molecule has 0 spiro atoms. The summed E-state index contributed by atoms with van der Waals surface area (Å²) in [5.74, 6) is 0.679. The normalized spacial score (nSPS) is 23.3. The molecule has 2 heterocycles. The van der Waals surface area contributed by atoms with Crippen molar-refractivity contribution in [2.24, 2.45) is 5.92 Å². The van der Waals surface area contributed by atoms with Crippen molar-refractivity contribution >= 4 is 11.6 Å². The van der Waals surface area contributed by atoms with Crippen molar-refractivity contribution in [3.63, 3.8) is 0 Å². The van der Waals surface area contributed by atoms with E-state index in [-0.39, 0.29) is 5.41 Å². The molecular formula is C18H26ClN3. The fourth-order valence-electron chi connectivity index (χ4n) is 3.72. The van der Waals surface area contributed by atoms with E-state index in [0.717, 1.165) is 31.1 Å². The van der Waals surface area contributed by atoms with Gasteiger partial charge < -0.3 is 10.2 Å². The smallest absolute Gasteiger partial charge is 0.0589 e. The van der Waals surface area contributed by atoms with E-state index in [1.54, 1.807) is 11.8 Å². The molecule has 1 aliphatic carbocycles. The number of hydrogen-bond donors (Lipinski definition) is 1. The van der Waals surface area contributed by atoms with Gasteiger partial charge in [-0.25, -0.2) is 0 Å². The number of aromatic nitrogens is 1. The molecule has 0 radical (unpaired) electrons. The lowest BCUT2D eigenvalue weighted by Crippen LogP contribution is -2.39. The SMILES string of the molecule is CCC1=CN(CCNC)CC(C2(c3ccc(Cl)cn3)CC2)C1. The zero-order chi connectivity index (χ0) is 15.6. The molecule has 1 saturated carbocycles. The number of allylic oxidation sites excluding steroid dienone is 1.